The van der Waals surface area contributed by atoms with Crippen LogP contribution in [-0.2, 0) is 21.0 Å². The van der Waals surface area contributed by atoms with E-state index >= 15 is 0 Å². The van der Waals surface area contributed by atoms with Gasteiger partial charge in [-0.2, -0.15) is 0 Å². The van der Waals surface area contributed by atoms with Gasteiger partial charge in [-0.3, -0.25) is 19.5 Å². The van der Waals surface area contributed by atoms with E-state index in [2.05, 4.69) is 10.3 Å². The average Bonchev–Trinajstić information content (AvgIpc) is 3.80. The molecule has 7 N–H and O–H groups in total. The lowest BCUT2D eigenvalue weighted by Crippen LogP contribution is -3.01. The Kier molecular flexibility index (Phi) is 9.02. The van der Waals surface area contributed by atoms with Crippen molar-refractivity contribution in [2.24, 2.45) is 16.8 Å². The fourth-order valence-corrected chi connectivity index (χ4v) is 7.93. The minimum absolute atomic E-state index is 0.0269. The van der Waals surface area contributed by atoms with Crippen LogP contribution in [0.15, 0.2) is 49.9 Å². The summed E-state index contributed by atoms with van der Waals surface area (Å²) in [7, 11) is 0. The highest BCUT2D eigenvalue weighted by atomic mass is 17.2. The Balaban J connectivity index is 1.25. The molecule has 7 rings (SSSR count). The van der Waals surface area contributed by atoms with Gasteiger partial charge in [-0.25, -0.2) is 9.78 Å². The number of aryl methyl sites for hydroxylation is 1. The van der Waals surface area contributed by atoms with Crippen molar-refractivity contribution in [1.82, 2.24) is 5.32 Å². The number of aliphatic hydroxyl groups excluding tert-OH is 5. The molecular formula is C34H42N3O11+. The molecule has 2 aromatic rings. The first-order valence-corrected chi connectivity index (χ1v) is 16.6. The van der Waals surface area contributed by atoms with Crippen LogP contribution in [0.1, 0.15) is 43.4 Å². The van der Waals surface area contributed by atoms with Crippen LogP contribution in [0.5, 0.6) is 5.75 Å². The number of rotatable bonds is 10. The first-order chi connectivity index (χ1) is 23.1. The molecule has 1 saturated carbocycles. The van der Waals surface area contributed by atoms with Crippen molar-refractivity contribution in [1.29, 1.82) is 0 Å². The van der Waals surface area contributed by atoms with Crippen molar-refractivity contribution in [3.05, 3.63) is 57.2 Å². The molecule has 9 atom stereocenters. The number of ether oxygens (including phenoxy) is 1. The smallest absolute Gasteiger partial charge is 0.222 e. The molecule has 1 spiro atoms. The number of aliphatic imine (C=N–C) groups is 1. The summed E-state index contributed by atoms with van der Waals surface area (Å²) in [6.07, 6.45) is 1.73. The number of allylic oxidation sites excluding steroid dienone is 1. The zero-order chi connectivity index (χ0) is 33.7. The maximum Gasteiger partial charge on any atom is 0.222 e. The van der Waals surface area contributed by atoms with Gasteiger partial charge in [0.25, 0.3) is 0 Å². The largest absolute Gasteiger partial charge is 0.478 e. The van der Waals surface area contributed by atoms with E-state index in [1.54, 1.807) is 19.2 Å². The molecular weight excluding hydrogens is 626 g/mol. The van der Waals surface area contributed by atoms with Crippen molar-refractivity contribution in [3.8, 4) is 5.75 Å². The lowest BCUT2D eigenvalue weighted by molar-refractivity contribution is -0.763. The van der Waals surface area contributed by atoms with Gasteiger partial charge in [-0.1, -0.05) is 0 Å². The Morgan fingerprint density at radius 1 is 1.12 bits per heavy atom. The quantitative estimate of drug-likeness (QED) is 0.124. The van der Waals surface area contributed by atoms with Crippen LogP contribution in [0.25, 0.3) is 11.0 Å². The van der Waals surface area contributed by atoms with E-state index in [0.29, 0.717) is 60.5 Å². The number of quaternary nitrogens is 1. The summed E-state index contributed by atoms with van der Waals surface area (Å²) in [5.41, 5.74) is 2.69. The van der Waals surface area contributed by atoms with Crippen LogP contribution >= 0.6 is 0 Å². The fourth-order valence-electron chi connectivity index (χ4n) is 7.93. The number of fused-ring (bicyclic) bond motifs is 3. The molecule has 14 nitrogen and oxygen atoms in total. The monoisotopic (exact) mass is 668 g/mol. The Hall–Kier alpha value is -3.47. The lowest BCUT2D eigenvalue weighted by atomic mass is 9.68. The Labute approximate surface area is 275 Å². The van der Waals surface area contributed by atoms with Crippen molar-refractivity contribution >= 4 is 28.8 Å². The topological polar surface area (TPSA) is 205 Å². The van der Waals surface area contributed by atoms with E-state index in [1.165, 1.54) is 6.07 Å². The summed E-state index contributed by atoms with van der Waals surface area (Å²) >= 11 is 0. The minimum Gasteiger partial charge on any atom is -0.478 e. The van der Waals surface area contributed by atoms with E-state index in [0.717, 1.165) is 34.6 Å². The molecule has 5 aliphatic rings. The number of aliphatic hydroxyl groups is 5. The van der Waals surface area contributed by atoms with Crippen LogP contribution in [0, 0.1) is 18.8 Å². The molecule has 258 valence electrons. The van der Waals surface area contributed by atoms with Gasteiger partial charge in [0.2, 0.25) is 17.2 Å². The number of hydrogen-bond acceptors (Lipinski definition) is 12. The molecule has 1 saturated heterocycles. The number of carbonyl (C=O) groups excluding carboxylic acids is 1. The summed E-state index contributed by atoms with van der Waals surface area (Å²) in [5, 5.41) is 53.0. The normalized spacial score (nSPS) is 30.3. The predicted molar refractivity (Wildman–Crippen MR) is 169 cm³/mol. The number of carbonyl (C=O) groups is 1. The van der Waals surface area contributed by atoms with Crippen molar-refractivity contribution in [3.63, 3.8) is 0 Å². The van der Waals surface area contributed by atoms with Gasteiger partial charge in [0.1, 0.15) is 66.9 Å². The molecule has 1 aromatic carbocycles. The molecule has 0 bridgehead atoms. The molecule has 5 heterocycles. The van der Waals surface area contributed by atoms with Gasteiger partial charge in [0.05, 0.1) is 12.0 Å². The highest BCUT2D eigenvalue weighted by Gasteiger charge is 2.53. The summed E-state index contributed by atoms with van der Waals surface area (Å²) in [4.78, 5) is 42.4. The molecule has 48 heavy (non-hydrogen) atoms. The second-order valence-corrected chi connectivity index (χ2v) is 13.7. The maximum absolute atomic E-state index is 13.3. The van der Waals surface area contributed by atoms with Gasteiger partial charge in [-0.05, 0) is 56.6 Å². The second-order valence-electron chi connectivity index (χ2n) is 13.7. The Morgan fingerprint density at radius 3 is 2.69 bits per heavy atom. The Bertz CT molecular complexity index is 1740. The number of nitrogens with one attached hydrogen (secondary N) is 2. The van der Waals surface area contributed by atoms with Crippen LogP contribution in [-0.4, -0.2) is 100 Å². The summed E-state index contributed by atoms with van der Waals surface area (Å²) in [5.74, 6) is 1.39. The molecule has 0 radical (unpaired) electrons. The van der Waals surface area contributed by atoms with Crippen LogP contribution in [0.3, 0.4) is 0 Å². The van der Waals surface area contributed by atoms with Crippen molar-refractivity contribution in [2.75, 3.05) is 26.3 Å². The van der Waals surface area contributed by atoms with E-state index in [-0.39, 0.29) is 29.6 Å². The fraction of sp³-hybridized carbons (Fsp3) is 0.559. The summed E-state index contributed by atoms with van der Waals surface area (Å²) in [6, 6.07) is 3.23. The zero-order valence-corrected chi connectivity index (χ0v) is 26.6. The first-order valence-electron chi connectivity index (χ1n) is 16.6. The molecule has 1 aromatic heterocycles. The van der Waals surface area contributed by atoms with Crippen LogP contribution < -0.4 is 20.4 Å². The number of nitrogens with zero attached hydrogens (tertiary/aromatic N) is 1. The molecule has 1 unspecified atom stereocenters. The number of hydrogen-bond donors (Lipinski definition) is 7. The van der Waals surface area contributed by atoms with Crippen LogP contribution in [0.2, 0.25) is 0 Å². The molecule has 1 amide bonds. The van der Waals surface area contributed by atoms with E-state index < -0.39 is 49.3 Å². The maximum atomic E-state index is 13.3. The number of benzene rings is 1. The minimum atomic E-state index is -1.81. The van der Waals surface area contributed by atoms with Gasteiger partial charge < -0.3 is 40.0 Å². The molecule has 2 fully saturated rings. The van der Waals surface area contributed by atoms with Gasteiger partial charge in [0.15, 0.2) is 11.2 Å². The van der Waals surface area contributed by atoms with Gasteiger partial charge in [0, 0.05) is 42.8 Å². The lowest BCUT2D eigenvalue weighted by Gasteiger charge is -2.49. The van der Waals surface area contributed by atoms with Crippen molar-refractivity contribution in [2.45, 2.75) is 81.6 Å². The highest BCUT2D eigenvalue weighted by Crippen LogP contribution is 2.50. The van der Waals surface area contributed by atoms with E-state index in [1.807, 2.05) is 12.3 Å². The summed E-state index contributed by atoms with van der Waals surface area (Å²) in [6.45, 7) is 1.57. The first kappa shape index (κ1) is 33.0. The average molecular weight is 669 g/mol. The van der Waals surface area contributed by atoms with Gasteiger partial charge >= 0.3 is 0 Å². The summed E-state index contributed by atoms with van der Waals surface area (Å²) < 4.78 is 13.4. The van der Waals surface area contributed by atoms with E-state index in [4.69, 9.17) is 24.0 Å². The molecule has 14 heteroatoms. The highest BCUT2D eigenvalue weighted by molar-refractivity contribution is 5.90. The molecule has 4 aliphatic heterocycles. The molecule has 1 aliphatic carbocycles. The van der Waals surface area contributed by atoms with Crippen LogP contribution in [0.4, 0.5) is 5.69 Å². The third kappa shape index (κ3) is 6.00. The third-order valence-electron chi connectivity index (χ3n) is 10.5. The van der Waals surface area contributed by atoms with Crippen molar-refractivity contribution < 1.29 is 54.2 Å². The third-order valence-corrected chi connectivity index (χ3v) is 10.5. The predicted octanol–water partition coefficient (Wildman–Crippen LogP) is -0.764. The van der Waals surface area contributed by atoms with E-state index in [9.17, 15) is 30.0 Å². The second kappa shape index (κ2) is 13.1. The zero-order valence-electron chi connectivity index (χ0n) is 26.6. The van der Waals surface area contributed by atoms with Gasteiger partial charge in [-0.15, -0.1) is 0 Å². The standard InChI is InChI=1S/C34H41N3O11/c1-17-7-24(39)22-8-20-9-27(48-45-16-26(41)31(44)30(43)25(40)15-38)34(5-2-3-18(11-34)21-10-28(42)36-12-21)47-32(20)29(33(22)46-17)37-13-19-4-6-35-23(19)14-37/h4,6-8,14,18,21,25-27,30-31,38,40-41,43-44H,2-3,5,9-13,15-16H2,1H3,(H,36,42)/p+1/t18-,21-,25+,26-,27+,30+,31+,34+/m0/s1. The number of amides is 1. The SMILES string of the molecule is Cc1cc(=O)c2cc3c(c([NH+]4C=C5N=CC=C5C4)c2o1)O[C@@]1(CCC[C@H]([C@@H]2CNC(=O)C2)C1)[C@H](OOC[C@H](O)[C@@H](O)[C@H](O)[C@H](O)CO)C3. The Morgan fingerprint density at radius 2 is 1.94 bits per heavy atom.